The van der Waals surface area contributed by atoms with Gasteiger partial charge in [0.2, 0.25) is 0 Å². The molecule has 68 valence electrons. The Labute approximate surface area is 77.2 Å². The smallest absolute Gasteiger partial charge is 0.119 e. The minimum Gasteiger partial charge on any atom is -0.508 e. The zero-order valence-corrected chi connectivity index (χ0v) is 7.67. The number of benzene rings is 1. The number of aromatic amines is 1. The van der Waals surface area contributed by atoms with Gasteiger partial charge in [-0.2, -0.15) is 0 Å². The summed E-state index contributed by atoms with van der Waals surface area (Å²) in [5, 5.41) is 10.8. The molecule has 2 heteroatoms. The van der Waals surface area contributed by atoms with E-state index in [0.29, 0.717) is 5.75 Å². The van der Waals surface area contributed by atoms with Crippen LogP contribution in [-0.2, 0) is 6.42 Å². The lowest BCUT2D eigenvalue weighted by atomic mass is 10.0. The molecular formula is C11H13NO. The number of H-pyrrole nitrogens is 1. The Balaban J connectivity index is 2.66. The van der Waals surface area contributed by atoms with E-state index in [4.69, 9.17) is 0 Å². The van der Waals surface area contributed by atoms with E-state index < -0.39 is 0 Å². The van der Waals surface area contributed by atoms with E-state index in [9.17, 15) is 5.11 Å². The summed E-state index contributed by atoms with van der Waals surface area (Å²) in [4.78, 5) is 3.13. The topological polar surface area (TPSA) is 36.0 Å². The van der Waals surface area contributed by atoms with Gasteiger partial charge >= 0.3 is 0 Å². The van der Waals surface area contributed by atoms with Gasteiger partial charge in [-0.05, 0) is 24.6 Å². The highest BCUT2D eigenvalue weighted by atomic mass is 16.3. The van der Waals surface area contributed by atoms with Gasteiger partial charge in [-0.3, -0.25) is 0 Å². The van der Waals surface area contributed by atoms with Crippen LogP contribution in [0.1, 0.15) is 18.9 Å². The van der Waals surface area contributed by atoms with E-state index in [2.05, 4.69) is 11.9 Å². The van der Waals surface area contributed by atoms with Gasteiger partial charge in [0, 0.05) is 22.7 Å². The fourth-order valence-corrected chi connectivity index (χ4v) is 1.70. The first kappa shape index (κ1) is 8.17. The number of fused-ring (bicyclic) bond motifs is 1. The molecule has 2 aromatic rings. The molecule has 0 aliphatic carbocycles. The molecule has 0 unspecified atom stereocenters. The van der Waals surface area contributed by atoms with Gasteiger partial charge in [0.1, 0.15) is 5.75 Å². The molecule has 1 heterocycles. The van der Waals surface area contributed by atoms with Crippen LogP contribution in [0.2, 0.25) is 0 Å². The monoisotopic (exact) mass is 175 g/mol. The standard InChI is InChI=1S/C11H13NO/c1-2-3-9-8-6-7-12-10(8)4-5-11(9)13/h4-7,12-13H,2-3H2,1H3. The number of phenolic OH excluding ortho intramolecular Hbond substituents is 1. The van der Waals surface area contributed by atoms with Crippen molar-refractivity contribution in [3.05, 3.63) is 30.0 Å². The molecule has 0 atom stereocenters. The highest BCUT2D eigenvalue weighted by Gasteiger charge is 2.05. The number of aromatic hydroxyl groups is 1. The summed E-state index contributed by atoms with van der Waals surface area (Å²) >= 11 is 0. The largest absolute Gasteiger partial charge is 0.508 e. The molecule has 0 saturated heterocycles. The Morgan fingerprint density at radius 2 is 2.15 bits per heavy atom. The summed E-state index contributed by atoms with van der Waals surface area (Å²) in [6, 6.07) is 5.67. The predicted octanol–water partition coefficient (Wildman–Crippen LogP) is 2.83. The summed E-state index contributed by atoms with van der Waals surface area (Å²) in [6.07, 6.45) is 3.89. The number of rotatable bonds is 2. The Morgan fingerprint density at radius 1 is 1.31 bits per heavy atom. The normalized spacial score (nSPS) is 10.8. The van der Waals surface area contributed by atoms with Gasteiger partial charge in [0.05, 0.1) is 0 Å². The molecule has 0 fully saturated rings. The molecule has 2 N–H and O–H groups in total. The third kappa shape index (κ3) is 1.28. The van der Waals surface area contributed by atoms with E-state index in [0.717, 1.165) is 29.3 Å². The van der Waals surface area contributed by atoms with Crippen molar-refractivity contribution in [3.63, 3.8) is 0 Å². The molecule has 0 radical (unpaired) electrons. The van der Waals surface area contributed by atoms with E-state index in [1.165, 1.54) is 0 Å². The second-order valence-corrected chi connectivity index (χ2v) is 3.25. The molecule has 2 rings (SSSR count). The van der Waals surface area contributed by atoms with Crippen molar-refractivity contribution >= 4 is 10.9 Å². The summed E-state index contributed by atoms with van der Waals surface area (Å²) in [7, 11) is 0. The molecule has 13 heavy (non-hydrogen) atoms. The molecule has 1 aromatic carbocycles. The summed E-state index contributed by atoms with van der Waals surface area (Å²) < 4.78 is 0. The van der Waals surface area contributed by atoms with Crippen LogP contribution in [0, 0.1) is 0 Å². The van der Waals surface area contributed by atoms with Gasteiger partial charge in [-0.25, -0.2) is 0 Å². The van der Waals surface area contributed by atoms with Crippen LogP contribution in [0.25, 0.3) is 10.9 Å². The second kappa shape index (κ2) is 3.13. The van der Waals surface area contributed by atoms with Crippen LogP contribution < -0.4 is 0 Å². The number of phenols is 1. The van der Waals surface area contributed by atoms with Crippen LogP contribution >= 0.6 is 0 Å². The minimum atomic E-state index is 0.411. The van der Waals surface area contributed by atoms with Crippen LogP contribution in [0.3, 0.4) is 0 Å². The summed E-state index contributed by atoms with van der Waals surface area (Å²) in [5.74, 6) is 0.411. The molecular weight excluding hydrogens is 162 g/mol. The molecule has 0 amide bonds. The van der Waals surface area contributed by atoms with Crippen LogP contribution in [0.15, 0.2) is 24.4 Å². The first-order chi connectivity index (χ1) is 6.33. The van der Waals surface area contributed by atoms with E-state index in [1.807, 2.05) is 18.3 Å². The highest BCUT2D eigenvalue weighted by molar-refractivity contribution is 5.85. The second-order valence-electron chi connectivity index (χ2n) is 3.25. The van der Waals surface area contributed by atoms with E-state index >= 15 is 0 Å². The van der Waals surface area contributed by atoms with Crippen molar-refractivity contribution in [2.24, 2.45) is 0 Å². The molecule has 0 saturated carbocycles. The summed E-state index contributed by atoms with van der Waals surface area (Å²) in [5.41, 5.74) is 2.16. The van der Waals surface area contributed by atoms with Gasteiger partial charge in [0.25, 0.3) is 0 Å². The fourth-order valence-electron chi connectivity index (χ4n) is 1.70. The summed E-state index contributed by atoms with van der Waals surface area (Å²) in [6.45, 7) is 2.12. The van der Waals surface area contributed by atoms with Crippen molar-refractivity contribution in [1.29, 1.82) is 0 Å². The van der Waals surface area contributed by atoms with Crippen molar-refractivity contribution in [1.82, 2.24) is 4.98 Å². The zero-order chi connectivity index (χ0) is 9.26. The molecule has 0 aliphatic rings. The van der Waals surface area contributed by atoms with Crippen LogP contribution in [0.4, 0.5) is 0 Å². The predicted molar refractivity (Wildman–Crippen MR) is 54.0 cm³/mol. The third-order valence-corrected chi connectivity index (χ3v) is 2.32. The Kier molecular flexibility index (Phi) is 1.97. The lowest BCUT2D eigenvalue weighted by molar-refractivity contribution is 0.469. The first-order valence-corrected chi connectivity index (χ1v) is 4.61. The number of nitrogens with one attached hydrogen (secondary N) is 1. The number of hydrogen-bond donors (Lipinski definition) is 2. The van der Waals surface area contributed by atoms with Gasteiger partial charge in [-0.1, -0.05) is 13.3 Å². The Hall–Kier alpha value is -1.44. The molecule has 2 nitrogen and oxygen atoms in total. The Morgan fingerprint density at radius 3 is 2.92 bits per heavy atom. The zero-order valence-electron chi connectivity index (χ0n) is 7.67. The number of aromatic nitrogens is 1. The van der Waals surface area contributed by atoms with Crippen molar-refractivity contribution in [3.8, 4) is 5.75 Å². The van der Waals surface area contributed by atoms with Crippen molar-refractivity contribution in [2.45, 2.75) is 19.8 Å². The first-order valence-electron chi connectivity index (χ1n) is 4.61. The lowest BCUT2D eigenvalue weighted by Crippen LogP contribution is -1.85. The highest BCUT2D eigenvalue weighted by Crippen LogP contribution is 2.27. The molecule has 0 spiro atoms. The third-order valence-electron chi connectivity index (χ3n) is 2.32. The quantitative estimate of drug-likeness (QED) is 0.723. The van der Waals surface area contributed by atoms with E-state index in [1.54, 1.807) is 6.07 Å². The number of aryl methyl sites for hydroxylation is 1. The van der Waals surface area contributed by atoms with Crippen molar-refractivity contribution < 1.29 is 5.11 Å². The fraction of sp³-hybridized carbons (Fsp3) is 0.273. The van der Waals surface area contributed by atoms with Crippen molar-refractivity contribution in [2.75, 3.05) is 0 Å². The SMILES string of the molecule is CCCc1c(O)ccc2[nH]ccc12. The van der Waals surface area contributed by atoms with Crippen LogP contribution in [0.5, 0.6) is 5.75 Å². The lowest BCUT2D eigenvalue weighted by Gasteiger charge is -2.04. The number of hydrogen-bond acceptors (Lipinski definition) is 1. The average molecular weight is 175 g/mol. The van der Waals surface area contributed by atoms with Gasteiger partial charge in [0.15, 0.2) is 0 Å². The van der Waals surface area contributed by atoms with Gasteiger partial charge in [-0.15, -0.1) is 0 Å². The van der Waals surface area contributed by atoms with Crippen LogP contribution in [-0.4, -0.2) is 10.1 Å². The molecule has 0 bridgehead atoms. The molecule has 0 aliphatic heterocycles. The maximum absolute atomic E-state index is 9.64. The van der Waals surface area contributed by atoms with E-state index in [-0.39, 0.29) is 0 Å². The maximum atomic E-state index is 9.64. The average Bonchev–Trinajstić information content (AvgIpc) is 2.58. The maximum Gasteiger partial charge on any atom is 0.119 e. The minimum absolute atomic E-state index is 0.411. The Bertz CT molecular complexity index is 417. The van der Waals surface area contributed by atoms with Gasteiger partial charge < -0.3 is 10.1 Å². The molecule has 1 aromatic heterocycles.